The van der Waals surface area contributed by atoms with E-state index in [1.807, 2.05) is 24.3 Å². The van der Waals surface area contributed by atoms with E-state index >= 15 is 0 Å². The molecule has 0 N–H and O–H groups in total. The summed E-state index contributed by atoms with van der Waals surface area (Å²) in [6, 6.07) is 16.7. The molecule has 0 saturated heterocycles. The molecule has 0 radical (unpaired) electrons. The van der Waals surface area contributed by atoms with Gasteiger partial charge in [0.2, 0.25) is 0 Å². The monoisotopic (exact) mass is 349 g/mol. The molecule has 0 fully saturated rings. The molecule has 0 bridgehead atoms. The summed E-state index contributed by atoms with van der Waals surface area (Å²) in [6.45, 7) is 2.10. The number of nitriles is 1. The van der Waals surface area contributed by atoms with Crippen molar-refractivity contribution >= 4 is 39.4 Å². The van der Waals surface area contributed by atoms with Crippen LogP contribution in [0.1, 0.15) is 28.2 Å². The summed E-state index contributed by atoms with van der Waals surface area (Å²) >= 11 is 1.49. The quantitative estimate of drug-likeness (QED) is 0.502. The summed E-state index contributed by atoms with van der Waals surface area (Å²) in [5, 5.41) is 10.1. The molecule has 2 aromatic carbocycles. The van der Waals surface area contributed by atoms with Crippen LogP contribution in [-0.4, -0.2) is 23.8 Å². The van der Waals surface area contributed by atoms with Crippen LogP contribution < -0.4 is 0 Å². The van der Waals surface area contributed by atoms with Crippen molar-refractivity contribution in [3.8, 4) is 6.07 Å². The van der Waals surface area contributed by atoms with Gasteiger partial charge in [0, 0.05) is 6.21 Å². The lowest BCUT2D eigenvalue weighted by atomic mass is 10.2. The Morgan fingerprint density at radius 1 is 1.32 bits per heavy atom. The van der Waals surface area contributed by atoms with Crippen LogP contribution in [0, 0.1) is 11.3 Å². The number of carbonyl (C=O) groups excluding carboxylic acids is 1. The van der Waals surface area contributed by atoms with E-state index in [4.69, 9.17) is 4.74 Å². The summed E-state index contributed by atoms with van der Waals surface area (Å²) in [5.74, 6) is -0.871. The second kappa shape index (κ2) is 7.69. The zero-order chi connectivity index (χ0) is 17.6. The topological polar surface area (TPSA) is 75.3 Å². The number of aliphatic imine (C=N–C) groups is 1. The van der Waals surface area contributed by atoms with Gasteiger partial charge in [-0.3, -0.25) is 4.99 Å². The van der Waals surface area contributed by atoms with Crippen LogP contribution in [0.2, 0.25) is 0 Å². The number of carbonyl (C=O) groups is 1. The van der Waals surface area contributed by atoms with Crippen molar-refractivity contribution in [2.45, 2.75) is 12.8 Å². The molecule has 3 rings (SSSR count). The first-order valence-electron chi connectivity index (χ1n) is 7.77. The molecule has 25 heavy (non-hydrogen) atoms. The Balaban J connectivity index is 1.77. The fourth-order valence-corrected chi connectivity index (χ4v) is 3.21. The number of aromatic nitrogens is 1. The summed E-state index contributed by atoms with van der Waals surface area (Å²) in [7, 11) is 0. The SMILES string of the molecule is CCOC(=O)c1ccc(N=CC(C#N)c2nc3ccccc3s2)cc1. The highest BCUT2D eigenvalue weighted by molar-refractivity contribution is 7.18. The summed E-state index contributed by atoms with van der Waals surface area (Å²) < 4.78 is 5.99. The van der Waals surface area contributed by atoms with Crippen molar-refractivity contribution in [2.24, 2.45) is 4.99 Å². The average Bonchev–Trinajstić information content (AvgIpc) is 3.07. The van der Waals surface area contributed by atoms with Crippen molar-refractivity contribution < 1.29 is 9.53 Å². The molecule has 3 aromatic rings. The van der Waals surface area contributed by atoms with Crippen LogP contribution in [0.25, 0.3) is 10.2 Å². The minimum atomic E-state index is -0.512. The van der Waals surface area contributed by atoms with Crippen molar-refractivity contribution in [2.75, 3.05) is 6.61 Å². The highest BCUT2D eigenvalue weighted by Crippen LogP contribution is 2.27. The predicted molar refractivity (Wildman–Crippen MR) is 98.5 cm³/mol. The second-order valence-electron chi connectivity index (χ2n) is 5.17. The molecule has 1 atom stereocenters. The zero-order valence-corrected chi connectivity index (χ0v) is 14.4. The number of benzene rings is 2. The van der Waals surface area contributed by atoms with E-state index in [1.165, 1.54) is 11.3 Å². The molecule has 1 aromatic heterocycles. The van der Waals surface area contributed by atoms with Gasteiger partial charge in [-0.2, -0.15) is 5.26 Å². The van der Waals surface area contributed by atoms with Crippen molar-refractivity contribution in [3.63, 3.8) is 0 Å². The van der Waals surface area contributed by atoms with E-state index in [0.29, 0.717) is 17.9 Å². The van der Waals surface area contributed by atoms with Gasteiger partial charge in [-0.05, 0) is 43.3 Å². The lowest BCUT2D eigenvalue weighted by molar-refractivity contribution is 0.0526. The largest absolute Gasteiger partial charge is 0.462 e. The molecule has 1 unspecified atom stereocenters. The number of hydrogen-bond acceptors (Lipinski definition) is 6. The van der Waals surface area contributed by atoms with Crippen molar-refractivity contribution in [3.05, 3.63) is 59.1 Å². The molecule has 124 valence electrons. The lowest BCUT2D eigenvalue weighted by Crippen LogP contribution is -2.03. The Labute approximate surface area is 149 Å². The van der Waals surface area contributed by atoms with E-state index in [0.717, 1.165) is 15.2 Å². The van der Waals surface area contributed by atoms with Gasteiger partial charge >= 0.3 is 5.97 Å². The van der Waals surface area contributed by atoms with E-state index in [-0.39, 0.29) is 5.97 Å². The summed E-state index contributed by atoms with van der Waals surface area (Å²) in [5.41, 5.74) is 2.02. The molecular weight excluding hydrogens is 334 g/mol. The van der Waals surface area contributed by atoms with Crippen LogP contribution in [0.5, 0.6) is 0 Å². The molecule has 0 saturated carbocycles. The smallest absolute Gasteiger partial charge is 0.338 e. The Bertz CT molecular complexity index is 922. The van der Waals surface area contributed by atoms with E-state index in [9.17, 15) is 10.1 Å². The van der Waals surface area contributed by atoms with Gasteiger partial charge in [0.1, 0.15) is 10.9 Å². The van der Waals surface area contributed by atoms with Gasteiger partial charge in [0.05, 0.1) is 34.1 Å². The van der Waals surface area contributed by atoms with Gasteiger partial charge in [0.15, 0.2) is 0 Å². The third-order valence-corrected chi connectivity index (χ3v) is 4.59. The van der Waals surface area contributed by atoms with Gasteiger partial charge in [-0.1, -0.05) is 12.1 Å². The molecule has 0 amide bonds. The Hall–Kier alpha value is -3.04. The molecule has 1 heterocycles. The fraction of sp³-hybridized carbons (Fsp3) is 0.158. The third-order valence-electron chi connectivity index (χ3n) is 3.47. The minimum Gasteiger partial charge on any atom is -0.462 e. The number of nitrogens with zero attached hydrogens (tertiary/aromatic N) is 3. The summed E-state index contributed by atoms with van der Waals surface area (Å²) in [4.78, 5) is 20.5. The first kappa shape index (κ1) is 16.8. The standard InChI is InChI=1S/C19H15N3O2S/c1-2-24-19(23)13-7-9-15(10-8-13)21-12-14(11-20)18-22-16-5-3-4-6-17(16)25-18/h3-10,12,14H,2H2,1H3. The lowest BCUT2D eigenvalue weighted by Gasteiger charge is -2.02. The predicted octanol–water partition coefficient (Wildman–Crippen LogP) is 4.48. The minimum absolute atomic E-state index is 0.338. The van der Waals surface area contributed by atoms with Gasteiger partial charge in [-0.15, -0.1) is 11.3 Å². The molecule has 0 aliphatic heterocycles. The highest BCUT2D eigenvalue weighted by atomic mass is 32.1. The van der Waals surface area contributed by atoms with Crippen LogP contribution in [-0.2, 0) is 4.74 Å². The molecule has 0 spiro atoms. The Kier molecular flexibility index (Phi) is 5.17. The zero-order valence-electron chi connectivity index (χ0n) is 13.5. The van der Waals surface area contributed by atoms with Crippen LogP contribution in [0.4, 0.5) is 5.69 Å². The fourth-order valence-electron chi connectivity index (χ4n) is 2.23. The number of rotatable bonds is 5. The first-order valence-corrected chi connectivity index (χ1v) is 8.59. The Morgan fingerprint density at radius 2 is 2.08 bits per heavy atom. The number of para-hydroxylation sites is 1. The maximum Gasteiger partial charge on any atom is 0.338 e. The molecule has 0 aliphatic rings. The molecule has 6 heteroatoms. The first-order chi connectivity index (χ1) is 12.2. The van der Waals surface area contributed by atoms with Gasteiger partial charge in [0.25, 0.3) is 0 Å². The molecule has 0 aliphatic carbocycles. The van der Waals surface area contributed by atoms with E-state index < -0.39 is 5.92 Å². The molecule has 5 nitrogen and oxygen atoms in total. The number of esters is 1. The maximum absolute atomic E-state index is 11.6. The maximum atomic E-state index is 11.6. The second-order valence-corrected chi connectivity index (χ2v) is 6.23. The van der Waals surface area contributed by atoms with Crippen LogP contribution in [0.15, 0.2) is 53.5 Å². The van der Waals surface area contributed by atoms with E-state index in [2.05, 4.69) is 16.0 Å². The molecular formula is C19H15N3O2S. The summed E-state index contributed by atoms with van der Waals surface area (Å²) in [6.07, 6.45) is 1.58. The van der Waals surface area contributed by atoms with E-state index in [1.54, 1.807) is 37.4 Å². The van der Waals surface area contributed by atoms with Crippen LogP contribution in [0.3, 0.4) is 0 Å². The number of hydrogen-bond donors (Lipinski definition) is 0. The number of fused-ring (bicyclic) bond motifs is 1. The highest BCUT2D eigenvalue weighted by Gasteiger charge is 2.13. The van der Waals surface area contributed by atoms with Crippen molar-refractivity contribution in [1.29, 1.82) is 5.26 Å². The Morgan fingerprint density at radius 3 is 2.76 bits per heavy atom. The van der Waals surface area contributed by atoms with Gasteiger partial charge in [-0.25, -0.2) is 9.78 Å². The third kappa shape index (κ3) is 3.90. The van der Waals surface area contributed by atoms with Crippen LogP contribution >= 0.6 is 11.3 Å². The number of thiazole rings is 1. The van der Waals surface area contributed by atoms with Crippen molar-refractivity contribution in [1.82, 2.24) is 4.98 Å². The number of ether oxygens (including phenoxy) is 1. The normalized spacial score (nSPS) is 12.2. The average molecular weight is 349 g/mol. The van der Waals surface area contributed by atoms with Gasteiger partial charge < -0.3 is 4.74 Å².